The lowest BCUT2D eigenvalue weighted by molar-refractivity contribution is -0.121. The molecule has 2 aromatic carbocycles. The minimum atomic E-state index is -0.345. The summed E-state index contributed by atoms with van der Waals surface area (Å²) in [7, 11) is 0. The predicted molar refractivity (Wildman–Crippen MR) is 120 cm³/mol. The molecule has 0 spiro atoms. The molecule has 164 valence electrons. The zero-order valence-corrected chi connectivity index (χ0v) is 18.3. The van der Waals surface area contributed by atoms with Gasteiger partial charge in [0.05, 0.1) is 11.2 Å². The van der Waals surface area contributed by atoms with E-state index in [0.29, 0.717) is 34.6 Å². The van der Waals surface area contributed by atoms with E-state index in [0.717, 1.165) is 40.8 Å². The minimum absolute atomic E-state index is 0.0501. The van der Waals surface area contributed by atoms with E-state index in [9.17, 15) is 9.18 Å². The molecule has 3 fully saturated rings. The molecule has 3 aliphatic rings. The van der Waals surface area contributed by atoms with Crippen LogP contribution in [0.3, 0.4) is 0 Å². The summed E-state index contributed by atoms with van der Waals surface area (Å²) >= 11 is 1.32. The van der Waals surface area contributed by atoms with Crippen LogP contribution < -0.4 is 10.1 Å². The number of rotatable bonds is 5. The Balaban J connectivity index is 1.16. The molecule has 2 aliphatic heterocycles. The van der Waals surface area contributed by atoms with E-state index in [-0.39, 0.29) is 11.7 Å². The number of ether oxygens (including phenoxy) is 1. The number of halogens is 1. The van der Waals surface area contributed by atoms with Crippen molar-refractivity contribution in [2.75, 3.05) is 0 Å². The molecule has 1 N–H and O–H groups in total. The van der Waals surface area contributed by atoms with Crippen LogP contribution in [0.1, 0.15) is 31.9 Å². The first-order chi connectivity index (χ1) is 15.5. The van der Waals surface area contributed by atoms with Crippen LogP contribution in [0, 0.1) is 5.82 Å². The summed E-state index contributed by atoms with van der Waals surface area (Å²) in [6.07, 6.45) is 3.19. The Morgan fingerprint density at radius 3 is 2.88 bits per heavy atom. The third kappa shape index (κ3) is 3.53. The van der Waals surface area contributed by atoms with Crippen LogP contribution in [0.2, 0.25) is 0 Å². The Labute approximate surface area is 188 Å². The molecule has 2 bridgehead atoms. The normalized spacial score (nSPS) is 22.8. The molecule has 1 aliphatic carbocycles. The number of hydrogen-bond donors (Lipinski definition) is 1. The van der Waals surface area contributed by atoms with Crippen LogP contribution in [0.15, 0.2) is 46.9 Å². The van der Waals surface area contributed by atoms with Crippen molar-refractivity contribution in [2.24, 2.45) is 0 Å². The lowest BCUT2D eigenvalue weighted by Gasteiger charge is -2.55. The molecule has 2 saturated heterocycles. The number of carbonyl (C=O) groups is 1. The van der Waals surface area contributed by atoms with E-state index in [1.807, 2.05) is 24.3 Å². The van der Waals surface area contributed by atoms with Gasteiger partial charge >= 0.3 is 0 Å². The van der Waals surface area contributed by atoms with Crippen LogP contribution >= 0.6 is 11.3 Å². The van der Waals surface area contributed by atoms with E-state index < -0.39 is 0 Å². The number of furan rings is 1. The highest BCUT2D eigenvalue weighted by atomic mass is 32.1. The van der Waals surface area contributed by atoms with Gasteiger partial charge in [-0.2, -0.15) is 4.98 Å². The summed E-state index contributed by atoms with van der Waals surface area (Å²) in [5, 5.41) is 4.43. The molecule has 6 nitrogen and oxygen atoms in total. The van der Waals surface area contributed by atoms with Crippen molar-refractivity contribution in [2.45, 2.75) is 50.9 Å². The van der Waals surface area contributed by atoms with Gasteiger partial charge < -0.3 is 14.5 Å². The molecule has 2 unspecified atom stereocenters. The van der Waals surface area contributed by atoms with Gasteiger partial charge in [-0.3, -0.25) is 9.69 Å². The zero-order chi connectivity index (χ0) is 21.8. The van der Waals surface area contributed by atoms with Crippen molar-refractivity contribution in [1.82, 2.24) is 15.2 Å². The van der Waals surface area contributed by atoms with Crippen molar-refractivity contribution >= 4 is 38.4 Å². The van der Waals surface area contributed by atoms with Crippen molar-refractivity contribution in [3.63, 3.8) is 0 Å². The molecule has 0 radical (unpaired) electrons. The van der Waals surface area contributed by atoms with Crippen LogP contribution in [0.4, 0.5) is 4.39 Å². The largest absolute Gasteiger partial charge is 0.460 e. The monoisotopic (exact) mass is 451 g/mol. The van der Waals surface area contributed by atoms with Gasteiger partial charge in [0.15, 0.2) is 0 Å². The Hall–Kier alpha value is -2.97. The first-order valence-electron chi connectivity index (χ1n) is 10.8. The number of aromatic nitrogens is 1. The Bertz CT molecular complexity index is 1320. The molecule has 8 heteroatoms. The number of para-hydroxylation sites is 1. The standard InChI is InChI=1S/C24H22FN3O3S/c1-13(29)26-15-9-16-11-17(10-15)28(16)12-19-8-14-7-18(5-6-21(14)30-19)31-24-27-23-20(25)3-2-4-22(23)32-24/h2-8,15-17H,9-12H2,1H3,(H,26,29)/t15?,16-,17?/m1/s1. The Morgan fingerprint density at radius 2 is 2.09 bits per heavy atom. The Kier molecular flexibility index (Phi) is 4.66. The maximum atomic E-state index is 13.9. The number of nitrogens with one attached hydrogen (secondary N) is 1. The summed E-state index contributed by atoms with van der Waals surface area (Å²) < 4.78 is 26.6. The van der Waals surface area contributed by atoms with Gasteiger partial charge in [-0.15, -0.1) is 0 Å². The molecular weight excluding hydrogens is 429 g/mol. The second-order valence-corrected chi connectivity index (χ2v) is 9.66. The average molecular weight is 452 g/mol. The van der Waals surface area contributed by atoms with Gasteiger partial charge in [0.25, 0.3) is 5.19 Å². The molecule has 4 heterocycles. The van der Waals surface area contributed by atoms with Crippen LogP contribution in [-0.4, -0.2) is 33.9 Å². The number of carbonyl (C=O) groups excluding carboxylic acids is 1. The fourth-order valence-electron chi connectivity index (χ4n) is 5.06. The van der Waals surface area contributed by atoms with Crippen LogP contribution in [0.5, 0.6) is 10.9 Å². The van der Waals surface area contributed by atoms with Crippen molar-refractivity contribution in [1.29, 1.82) is 0 Å². The average Bonchev–Trinajstić information content (AvgIpc) is 3.35. The highest BCUT2D eigenvalue weighted by Crippen LogP contribution is 2.40. The molecule has 3 atom stereocenters. The lowest BCUT2D eigenvalue weighted by Crippen LogP contribution is -2.63. The van der Waals surface area contributed by atoms with Crippen LogP contribution in [0.25, 0.3) is 21.2 Å². The molecule has 32 heavy (non-hydrogen) atoms. The number of fused-ring (bicyclic) bond motifs is 4. The summed E-state index contributed by atoms with van der Waals surface area (Å²) in [4.78, 5) is 18.1. The second-order valence-electron chi connectivity index (χ2n) is 8.67. The van der Waals surface area contributed by atoms with Gasteiger partial charge in [-0.05, 0) is 55.7 Å². The smallest absolute Gasteiger partial charge is 0.279 e. The van der Waals surface area contributed by atoms with E-state index >= 15 is 0 Å². The number of nitrogens with zero attached hydrogens (tertiary/aromatic N) is 2. The zero-order valence-electron chi connectivity index (χ0n) is 17.5. The lowest BCUT2D eigenvalue weighted by atomic mass is 9.76. The number of piperidine rings is 1. The molecule has 1 saturated carbocycles. The molecule has 4 aromatic rings. The van der Waals surface area contributed by atoms with E-state index in [4.69, 9.17) is 9.15 Å². The van der Waals surface area contributed by atoms with Gasteiger partial charge in [0.1, 0.15) is 28.4 Å². The number of hydrogen-bond acceptors (Lipinski definition) is 6. The number of thiazole rings is 1. The predicted octanol–water partition coefficient (Wildman–Crippen LogP) is 5.22. The van der Waals surface area contributed by atoms with E-state index in [1.54, 1.807) is 13.0 Å². The highest BCUT2D eigenvalue weighted by molar-refractivity contribution is 7.20. The second kappa shape index (κ2) is 7.56. The summed E-state index contributed by atoms with van der Waals surface area (Å²) in [5.41, 5.74) is 1.14. The minimum Gasteiger partial charge on any atom is -0.460 e. The first kappa shape index (κ1) is 19.7. The topological polar surface area (TPSA) is 67.6 Å². The SMILES string of the molecule is CC(=O)NC1CC2C[C@@H](C1)N2Cc1cc2cc(Oc3nc4c(F)cccc4s3)ccc2o1. The summed E-state index contributed by atoms with van der Waals surface area (Å²) in [6.45, 7) is 2.35. The fraction of sp³-hybridized carbons (Fsp3) is 0.333. The third-order valence-electron chi connectivity index (χ3n) is 6.44. The molecular formula is C24H22FN3O3S. The van der Waals surface area contributed by atoms with Crippen LogP contribution in [-0.2, 0) is 11.3 Å². The highest BCUT2D eigenvalue weighted by Gasteiger charge is 2.45. The summed E-state index contributed by atoms with van der Waals surface area (Å²) in [6, 6.07) is 13.9. The Morgan fingerprint density at radius 1 is 1.25 bits per heavy atom. The van der Waals surface area contributed by atoms with Gasteiger partial charge in [0, 0.05) is 30.4 Å². The van der Waals surface area contributed by atoms with E-state index in [2.05, 4.69) is 21.3 Å². The maximum Gasteiger partial charge on any atom is 0.279 e. The van der Waals surface area contributed by atoms with E-state index in [1.165, 1.54) is 23.8 Å². The molecule has 2 aromatic heterocycles. The van der Waals surface area contributed by atoms with Crippen molar-refractivity contribution in [3.8, 4) is 10.9 Å². The maximum absolute atomic E-state index is 13.9. The quantitative estimate of drug-likeness (QED) is 0.451. The molecule has 1 amide bonds. The molecule has 7 rings (SSSR count). The van der Waals surface area contributed by atoms with Gasteiger partial charge in [-0.25, -0.2) is 4.39 Å². The van der Waals surface area contributed by atoms with Crippen molar-refractivity contribution < 1.29 is 18.3 Å². The fourth-order valence-corrected chi connectivity index (χ4v) is 5.91. The number of amides is 1. The first-order valence-corrected chi connectivity index (χ1v) is 11.6. The van der Waals surface area contributed by atoms with Gasteiger partial charge in [0.2, 0.25) is 5.91 Å². The van der Waals surface area contributed by atoms with Gasteiger partial charge in [-0.1, -0.05) is 17.4 Å². The number of benzene rings is 2. The summed E-state index contributed by atoms with van der Waals surface area (Å²) in [5.74, 6) is 1.27. The third-order valence-corrected chi connectivity index (χ3v) is 7.33. The van der Waals surface area contributed by atoms with Crippen molar-refractivity contribution in [3.05, 3.63) is 54.0 Å².